The van der Waals surface area contributed by atoms with Crippen molar-refractivity contribution in [1.29, 1.82) is 0 Å². The molecule has 0 unspecified atom stereocenters. The third-order valence-corrected chi connectivity index (χ3v) is 4.99. The fraction of sp³-hybridized carbons (Fsp3) is 0.278. The lowest BCUT2D eigenvalue weighted by Crippen LogP contribution is -2.38. The molecule has 142 valence electrons. The van der Waals surface area contributed by atoms with Crippen LogP contribution in [0.5, 0.6) is 0 Å². The lowest BCUT2D eigenvalue weighted by molar-refractivity contribution is 0.707. The van der Waals surface area contributed by atoms with Crippen LogP contribution in [0.1, 0.15) is 12.5 Å². The van der Waals surface area contributed by atoms with Crippen LogP contribution in [0.25, 0.3) is 22.2 Å². The minimum Gasteiger partial charge on any atom is -0.370 e. The predicted molar refractivity (Wildman–Crippen MR) is 110 cm³/mol. The van der Waals surface area contributed by atoms with E-state index < -0.39 is 11.2 Å². The maximum absolute atomic E-state index is 13.0. The van der Waals surface area contributed by atoms with Gasteiger partial charge in [-0.3, -0.25) is 13.9 Å². The molecule has 2 heterocycles. The summed E-state index contributed by atoms with van der Waals surface area (Å²) in [5.41, 5.74) is 7.16. The average molecular weight is 408 g/mol. The van der Waals surface area contributed by atoms with Crippen molar-refractivity contribution < 1.29 is 0 Å². The van der Waals surface area contributed by atoms with Crippen LogP contribution in [0.2, 0.25) is 10.0 Å². The molecule has 1 aromatic carbocycles. The van der Waals surface area contributed by atoms with Crippen LogP contribution in [0.3, 0.4) is 0 Å². The number of pyridine rings is 1. The molecule has 2 aromatic heterocycles. The van der Waals surface area contributed by atoms with Crippen molar-refractivity contribution in [1.82, 2.24) is 14.1 Å². The van der Waals surface area contributed by atoms with Gasteiger partial charge in [0.2, 0.25) is 0 Å². The Morgan fingerprint density at radius 1 is 1.19 bits per heavy atom. The first-order valence-corrected chi connectivity index (χ1v) is 9.09. The zero-order valence-corrected chi connectivity index (χ0v) is 16.6. The van der Waals surface area contributed by atoms with E-state index in [4.69, 9.17) is 28.9 Å². The Hall–Kier alpha value is -2.35. The number of rotatable bonds is 4. The van der Waals surface area contributed by atoms with Gasteiger partial charge in [0.25, 0.3) is 5.56 Å². The van der Waals surface area contributed by atoms with Gasteiger partial charge in [-0.1, -0.05) is 29.3 Å². The number of hydrogen-bond donors (Lipinski definition) is 2. The van der Waals surface area contributed by atoms with Gasteiger partial charge in [-0.15, -0.1) is 0 Å². The molecule has 3 rings (SSSR count). The molecule has 0 atom stereocenters. The minimum atomic E-state index is -0.462. The molecule has 9 heteroatoms. The molecule has 3 aromatic rings. The summed E-state index contributed by atoms with van der Waals surface area (Å²) < 4.78 is 2.38. The number of fused-ring (bicyclic) bond motifs is 1. The largest absolute Gasteiger partial charge is 0.370 e. The summed E-state index contributed by atoms with van der Waals surface area (Å²) in [5.74, 6) is 0.511. The third kappa shape index (κ3) is 3.12. The van der Waals surface area contributed by atoms with Crippen molar-refractivity contribution in [2.45, 2.75) is 13.5 Å². The molecule has 27 heavy (non-hydrogen) atoms. The number of aryl methyl sites for hydroxylation is 1. The molecule has 0 saturated carbocycles. The Bertz CT molecular complexity index is 1170. The van der Waals surface area contributed by atoms with E-state index in [0.717, 1.165) is 4.57 Å². The van der Waals surface area contributed by atoms with E-state index in [-0.39, 0.29) is 17.6 Å². The van der Waals surface area contributed by atoms with Crippen LogP contribution in [0.4, 0.5) is 5.82 Å². The smallest absolute Gasteiger partial charge is 0.332 e. The molecular weight excluding hydrogens is 389 g/mol. The number of hydrogen-bond acceptors (Lipinski definition) is 5. The van der Waals surface area contributed by atoms with Crippen molar-refractivity contribution in [3.63, 3.8) is 0 Å². The van der Waals surface area contributed by atoms with Crippen LogP contribution in [0.15, 0.2) is 27.8 Å². The minimum absolute atomic E-state index is 0.131. The quantitative estimate of drug-likeness (QED) is 0.692. The van der Waals surface area contributed by atoms with Crippen molar-refractivity contribution in [3.8, 4) is 11.1 Å². The zero-order valence-electron chi connectivity index (χ0n) is 15.1. The van der Waals surface area contributed by atoms with Gasteiger partial charge in [-0.25, -0.2) is 9.78 Å². The van der Waals surface area contributed by atoms with Gasteiger partial charge < -0.3 is 11.1 Å². The summed E-state index contributed by atoms with van der Waals surface area (Å²) in [6.45, 7) is 2.65. The van der Waals surface area contributed by atoms with Gasteiger partial charge in [-0.2, -0.15) is 0 Å². The third-order valence-electron chi connectivity index (χ3n) is 4.44. The number of aromatic nitrogens is 3. The van der Waals surface area contributed by atoms with E-state index in [0.29, 0.717) is 39.1 Å². The van der Waals surface area contributed by atoms with Gasteiger partial charge in [0.05, 0.1) is 5.39 Å². The summed E-state index contributed by atoms with van der Waals surface area (Å²) in [7, 11) is 3.00. The molecule has 0 amide bonds. The fourth-order valence-corrected chi connectivity index (χ4v) is 3.63. The van der Waals surface area contributed by atoms with Crippen LogP contribution in [0, 0.1) is 0 Å². The average Bonchev–Trinajstić information content (AvgIpc) is 2.64. The topological polar surface area (TPSA) is 94.9 Å². The van der Waals surface area contributed by atoms with E-state index in [1.54, 1.807) is 25.2 Å². The molecule has 0 aliphatic heterocycles. The van der Waals surface area contributed by atoms with E-state index in [1.807, 2.05) is 6.92 Å². The van der Waals surface area contributed by atoms with E-state index in [9.17, 15) is 9.59 Å². The molecule has 7 nitrogen and oxygen atoms in total. The standard InChI is InChI=1S/C18H19Cl2N5O2/c1-4-22-15-11(8-21)13(10-6-5-9(19)7-12(10)20)14-16(23-15)24(2)18(27)25(3)17(14)26/h5-7H,4,8,21H2,1-3H3,(H,22,23). The number of anilines is 1. The molecule has 0 saturated heterocycles. The maximum atomic E-state index is 13.0. The summed E-state index contributed by atoms with van der Waals surface area (Å²) in [4.78, 5) is 29.9. The number of benzene rings is 1. The van der Waals surface area contributed by atoms with E-state index in [2.05, 4.69) is 10.3 Å². The van der Waals surface area contributed by atoms with Crippen molar-refractivity contribution in [2.75, 3.05) is 11.9 Å². The maximum Gasteiger partial charge on any atom is 0.332 e. The monoisotopic (exact) mass is 407 g/mol. The molecule has 3 N–H and O–H groups in total. The molecule has 0 aliphatic rings. The molecule has 0 bridgehead atoms. The van der Waals surface area contributed by atoms with Gasteiger partial charge in [-0.05, 0) is 19.1 Å². The molecule has 0 fully saturated rings. The second-order valence-corrected chi connectivity index (χ2v) is 6.92. The Morgan fingerprint density at radius 3 is 2.48 bits per heavy atom. The van der Waals surface area contributed by atoms with Crippen molar-refractivity contribution in [3.05, 3.63) is 54.6 Å². The summed E-state index contributed by atoms with van der Waals surface area (Å²) in [6.07, 6.45) is 0. The first-order chi connectivity index (χ1) is 12.8. The first kappa shape index (κ1) is 19.4. The van der Waals surface area contributed by atoms with Crippen LogP contribution in [-0.4, -0.2) is 20.7 Å². The van der Waals surface area contributed by atoms with Crippen LogP contribution in [-0.2, 0) is 20.6 Å². The Kier molecular flexibility index (Phi) is 5.28. The SMILES string of the molecule is CCNc1nc2c(c(-c3ccc(Cl)cc3Cl)c1CN)c(=O)n(C)c(=O)n2C. The first-order valence-electron chi connectivity index (χ1n) is 8.33. The zero-order chi connectivity index (χ0) is 19.9. The number of nitrogens with two attached hydrogens (primary N) is 1. The summed E-state index contributed by atoms with van der Waals surface area (Å²) in [5, 5.41) is 4.29. The van der Waals surface area contributed by atoms with Gasteiger partial charge in [0.15, 0.2) is 5.65 Å². The van der Waals surface area contributed by atoms with Crippen LogP contribution >= 0.6 is 23.2 Å². The number of nitrogens with one attached hydrogen (secondary N) is 1. The van der Waals surface area contributed by atoms with Gasteiger partial charge in [0.1, 0.15) is 5.82 Å². The highest BCUT2D eigenvalue weighted by Gasteiger charge is 2.22. The number of halogens is 2. The Morgan fingerprint density at radius 2 is 1.89 bits per heavy atom. The summed E-state index contributed by atoms with van der Waals surface area (Å²) in [6, 6.07) is 5.03. The molecular formula is C18H19Cl2N5O2. The highest BCUT2D eigenvalue weighted by Crippen LogP contribution is 2.38. The Labute approximate surface area is 165 Å². The van der Waals surface area contributed by atoms with Gasteiger partial charge >= 0.3 is 5.69 Å². The second-order valence-electron chi connectivity index (χ2n) is 6.08. The predicted octanol–water partition coefficient (Wildman–Crippen LogP) is 2.50. The van der Waals surface area contributed by atoms with E-state index in [1.165, 1.54) is 11.6 Å². The number of nitrogens with zero attached hydrogens (tertiary/aromatic N) is 3. The lowest BCUT2D eigenvalue weighted by atomic mass is 9.97. The lowest BCUT2D eigenvalue weighted by Gasteiger charge is -2.19. The fourth-order valence-electron chi connectivity index (χ4n) is 3.13. The highest BCUT2D eigenvalue weighted by atomic mass is 35.5. The second kappa shape index (κ2) is 7.34. The molecule has 0 radical (unpaired) electrons. The highest BCUT2D eigenvalue weighted by molar-refractivity contribution is 6.36. The normalized spacial score (nSPS) is 11.2. The molecule has 0 spiro atoms. The van der Waals surface area contributed by atoms with Gasteiger partial charge in [0, 0.05) is 53.9 Å². The Balaban J connectivity index is 2.63. The van der Waals surface area contributed by atoms with Crippen LogP contribution < -0.4 is 22.3 Å². The van der Waals surface area contributed by atoms with E-state index >= 15 is 0 Å². The van der Waals surface area contributed by atoms with Crippen molar-refractivity contribution >= 4 is 40.1 Å². The summed E-state index contributed by atoms with van der Waals surface area (Å²) >= 11 is 12.5. The van der Waals surface area contributed by atoms with Crippen molar-refractivity contribution in [2.24, 2.45) is 19.8 Å². The molecule has 0 aliphatic carbocycles.